The highest BCUT2D eigenvalue weighted by atomic mass is 16.5. The van der Waals surface area contributed by atoms with E-state index in [1.54, 1.807) is 52.7 Å². The zero-order chi connectivity index (χ0) is 42.6. The number of aromatic nitrogens is 5. The van der Waals surface area contributed by atoms with Crippen LogP contribution in [0.25, 0.3) is 33.8 Å². The molecule has 4 amide bonds. The number of alkyl carbamates (subject to hydrolysis) is 1. The first-order valence-electron chi connectivity index (χ1n) is 20.3. The number of methoxy groups -OCH3 is 1. The van der Waals surface area contributed by atoms with Crippen LogP contribution in [0.5, 0.6) is 0 Å². The largest absolute Gasteiger partial charge is 0.465 e. The van der Waals surface area contributed by atoms with Gasteiger partial charge in [-0.05, 0) is 73.1 Å². The first kappa shape index (κ1) is 40.5. The Bertz CT molecular complexity index is 2520. The number of H-pyrrole nitrogens is 2. The van der Waals surface area contributed by atoms with E-state index in [0.29, 0.717) is 42.3 Å². The van der Waals surface area contributed by atoms with Gasteiger partial charge in [-0.25, -0.2) is 19.6 Å². The van der Waals surface area contributed by atoms with Gasteiger partial charge in [-0.15, -0.1) is 0 Å². The maximum absolute atomic E-state index is 14.0. The number of aromatic amines is 2. The molecule has 1 unspecified atom stereocenters. The Labute approximate surface area is 352 Å². The minimum absolute atomic E-state index is 0.226. The second-order valence-electron chi connectivity index (χ2n) is 15.4. The van der Waals surface area contributed by atoms with Crippen LogP contribution in [-0.4, -0.2) is 96.0 Å². The fourth-order valence-electron chi connectivity index (χ4n) is 8.48. The highest BCUT2D eigenvalue weighted by Crippen LogP contribution is 2.37. The lowest BCUT2D eigenvalue weighted by atomic mass is 10.0. The van der Waals surface area contributed by atoms with E-state index in [1.165, 1.54) is 14.2 Å². The standard InChI is InChI=1S/C46H47N9O6/c1-28-24-31(35-26-48-41(50-35)37-16-10-22-54(37)43(56)39(52-45(58)61-3)29-12-6-4-7-13-29)18-20-33(28)34-21-19-32(25-47-34)36-27-49-42(51-36)38-17-11-23-55(38)44(57)40(53(2)46(59)60)30-14-8-5-9-15-30/h4-9,12-15,18-21,24-27,37-40H,10-11,16-17,22-23H2,1-3H3,(H,48,50)(H,49,51)(H,52,58)(H,59,60)/t37?,38-,39-,40+/m0/s1. The van der Waals surface area contributed by atoms with Crippen LogP contribution < -0.4 is 5.32 Å². The molecule has 0 radical (unpaired) electrons. The number of carbonyl (C=O) groups is 4. The van der Waals surface area contributed by atoms with Gasteiger partial charge in [-0.1, -0.05) is 72.8 Å². The van der Waals surface area contributed by atoms with Crippen LogP contribution in [0.15, 0.2) is 110 Å². The first-order chi connectivity index (χ1) is 29.6. The van der Waals surface area contributed by atoms with Gasteiger partial charge in [0.15, 0.2) is 0 Å². The molecule has 61 heavy (non-hydrogen) atoms. The fraction of sp³-hybridized carbons (Fsp3) is 0.283. The number of carbonyl (C=O) groups excluding carboxylic acids is 3. The van der Waals surface area contributed by atoms with Gasteiger partial charge in [0.25, 0.3) is 11.8 Å². The van der Waals surface area contributed by atoms with Crippen molar-refractivity contribution in [2.24, 2.45) is 0 Å². The molecule has 4 N–H and O–H groups in total. The number of amides is 4. The lowest BCUT2D eigenvalue weighted by Gasteiger charge is -2.32. The lowest BCUT2D eigenvalue weighted by molar-refractivity contribution is -0.137. The van der Waals surface area contributed by atoms with Gasteiger partial charge in [0.1, 0.15) is 23.7 Å². The van der Waals surface area contributed by atoms with Crippen molar-refractivity contribution < 1.29 is 29.0 Å². The van der Waals surface area contributed by atoms with Gasteiger partial charge in [-0.2, -0.15) is 0 Å². The van der Waals surface area contributed by atoms with E-state index in [2.05, 4.69) is 26.3 Å². The van der Waals surface area contributed by atoms with E-state index in [9.17, 15) is 24.3 Å². The second-order valence-corrected chi connectivity index (χ2v) is 15.4. The molecule has 8 rings (SSSR count). The monoisotopic (exact) mass is 821 g/mol. The van der Waals surface area contributed by atoms with Crippen LogP contribution >= 0.6 is 0 Å². The van der Waals surface area contributed by atoms with Crippen molar-refractivity contribution in [3.63, 3.8) is 0 Å². The number of carboxylic acid groups (broad SMARTS) is 1. The number of likely N-dealkylation sites (tertiary alicyclic amines) is 2. The summed E-state index contributed by atoms with van der Waals surface area (Å²) in [6, 6.07) is 25.7. The number of ether oxygens (including phenoxy) is 1. The Morgan fingerprint density at radius 1 is 0.754 bits per heavy atom. The molecule has 5 heterocycles. The molecule has 0 bridgehead atoms. The summed E-state index contributed by atoms with van der Waals surface area (Å²) in [6.07, 6.45) is 6.47. The number of rotatable bonds is 11. The van der Waals surface area contributed by atoms with E-state index in [4.69, 9.17) is 14.7 Å². The summed E-state index contributed by atoms with van der Waals surface area (Å²) in [4.78, 5) is 77.8. The van der Waals surface area contributed by atoms with E-state index < -0.39 is 24.3 Å². The predicted molar refractivity (Wildman–Crippen MR) is 227 cm³/mol. The lowest BCUT2D eigenvalue weighted by Crippen LogP contribution is -2.43. The maximum Gasteiger partial charge on any atom is 0.407 e. The molecule has 2 aliphatic heterocycles. The van der Waals surface area contributed by atoms with Crippen molar-refractivity contribution in [2.45, 2.75) is 56.8 Å². The van der Waals surface area contributed by atoms with Crippen molar-refractivity contribution in [2.75, 3.05) is 27.2 Å². The summed E-state index contributed by atoms with van der Waals surface area (Å²) in [7, 11) is 2.69. The summed E-state index contributed by atoms with van der Waals surface area (Å²) < 4.78 is 4.83. The summed E-state index contributed by atoms with van der Waals surface area (Å²) in [5.41, 5.74) is 7.42. The number of aryl methyl sites for hydroxylation is 1. The third kappa shape index (κ3) is 8.31. The van der Waals surface area contributed by atoms with Crippen LogP contribution in [0.3, 0.4) is 0 Å². The van der Waals surface area contributed by atoms with Crippen LogP contribution in [0.4, 0.5) is 9.59 Å². The van der Waals surface area contributed by atoms with Gasteiger partial charge in [-0.3, -0.25) is 19.5 Å². The second kappa shape index (κ2) is 17.5. The summed E-state index contributed by atoms with van der Waals surface area (Å²) in [5.74, 6) is 0.812. The highest BCUT2D eigenvalue weighted by Gasteiger charge is 2.40. The predicted octanol–water partition coefficient (Wildman–Crippen LogP) is 7.61. The molecule has 2 fully saturated rings. The average Bonchev–Trinajstić information content (AvgIpc) is 4.13. The molecule has 2 saturated heterocycles. The normalized spacial score (nSPS) is 17.2. The van der Waals surface area contributed by atoms with Crippen LogP contribution in [0.2, 0.25) is 0 Å². The Balaban J connectivity index is 0.952. The quantitative estimate of drug-likeness (QED) is 0.102. The van der Waals surface area contributed by atoms with Gasteiger partial charge in [0.2, 0.25) is 0 Å². The Morgan fingerprint density at radius 2 is 1.33 bits per heavy atom. The Morgan fingerprint density at radius 3 is 1.89 bits per heavy atom. The van der Waals surface area contributed by atoms with E-state index >= 15 is 0 Å². The zero-order valence-electron chi connectivity index (χ0n) is 34.1. The molecular formula is C46H47N9O6. The molecule has 312 valence electrons. The smallest absolute Gasteiger partial charge is 0.407 e. The topological polar surface area (TPSA) is 190 Å². The Hall–Kier alpha value is -7.29. The van der Waals surface area contributed by atoms with Crippen molar-refractivity contribution in [3.8, 4) is 33.8 Å². The van der Waals surface area contributed by atoms with Gasteiger partial charge in [0, 0.05) is 37.5 Å². The molecule has 2 aliphatic rings. The highest BCUT2D eigenvalue weighted by molar-refractivity contribution is 5.88. The fourth-order valence-corrected chi connectivity index (χ4v) is 8.48. The van der Waals surface area contributed by atoms with Crippen molar-refractivity contribution in [3.05, 3.63) is 138 Å². The Kier molecular flexibility index (Phi) is 11.6. The maximum atomic E-state index is 14.0. The number of likely N-dealkylation sites (N-methyl/N-ethyl adjacent to an activating group) is 1. The number of pyridine rings is 1. The van der Waals surface area contributed by atoms with E-state index in [-0.39, 0.29) is 23.9 Å². The molecule has 0 saturated carbocycles. The molecule has 3 aromatic heterocycles. The van der Waals surface area contributed by atoms with Crippen LogP contribution in [0.1, 0.15) is 78.2 Å². The van der Waals surface area contributed by atoms with E-state index in [1.807, 2.05) is 67.6 Å². The van der Waals surface area contributed by atoms with Crippen LogP contribution in [0, 0.1) is 6.92 Å². The number of nitrogens with zero attached hydrogens (tertiary/aromatic N) is 6. The number of hydrogen-bond donors (Lipinski definition) is 4. The minimum atomic E-state index is -1.18. The average molecular weight is 822 g/mol. The van der Waals surface area contributed by atoms with Gasteiger partial charge >= 0.3 is 12.2 Å². The molecule has 15 heteroatoms. The van der Waals surface area contributed by atoms with Gasteiger partial charge in [0.05, 0.1) is 48.7 Å². The number of nitrogens with one attached hydrogen (secondary N) is 3. The molecule has 3 aromatic carbocycles. The summed E-state index contributed by atoms with van der Waals surface area (Å²) >= 11 is 0. The van der Waals surface area contributed by atoms with E-state index in [0.717, 1.165) is 63.5 Å². The molecule has 4 atom stereocenters. The van der Waals surface area contributed by atoms with Crippen molar-refractivity contribution >= 4 is 24.0 Å². The SMILES string of the molecule is COC(=O)N[C@H](C(=O)N1CCCC1c1ncc(-c2ccc(-c3ccc(-c4cnc([C@@H]5CCCN5C(=O)[C@@H](c5ccccc5)N(C)C(=O)O)[nH]4)cn3)c(C)c2)[nH]1)c1ccccc1. The summed E-state index contributed by atoms with van der Waals surface area (Å²) in [6.45, 7) is 3.07. The summed E-state index contributed by atoms with van der Waals surface area (Å²) in [5, 5.41) is 12.5. The number of hydrogen-bond acceptors (Lipinski definition) is 8. The van der Waals surface area contributed by atoms with Gasteiger partial charge < -0.3 is 34.9 Å². The van der Waals surface area contributed by atoms with Crippen molar-refractivity contribution in [1.29, 1.82) is 0 Å². The molecule has 0 spiro atoms. The third-order valence-electron chi connectivity index (χ3n) is 11.6. The third-order valence-corrected chi connectivity index (χ3v) is 11.6. The molecule has 15 nitrogen and oxygen atoms in total. The zero-order valence-corrected chi connectivity index (χ0v) is 34.1. The number of imidazole rings is 2. The molecule has 0 aliphatic carbocycles. The minimum Gasteiger partial charge on any atom is -0.465 e. The number of benzene rings is 3. The first-order valence-corrected chi connectivity index (χ1v) is 20.3. The molecular weight excluding hydrogens is 775 g/mol. The van der Waals surface area contributed by atoms with Crippen molar-refractivity contribution in [1.82, 2.24) is 44.9 Å². The molecule has 6 aromatic rings. The van der Waals surface area contributed by atoms with Crippen LogP contribution in [-0.2, 0) is 14.3 Å².